The third-order valence-electron chi connectivity index (χ3n) is 1.63. The maximum Gasteiger partial charge on any atom is 0.149 e. The molecule has 0 fully saturated rings. The molecule has 0 amide bonds. The molecule has 0 saturated carbocycles. The third-order valence-corrected chi connectivity index (χ3v) is 1.63. The molecule has 1 unspecified atom stereocenters. The highest BCUT2D eigenvalue weighted by Crippen LogP contribution is 2.20. The van der Waals surface area contributed by atoms with Crippen LogP contribution in [-0.2, 0) is 0 Å². The van der Waals surface area contributed by atoms with Crippen LogP contribution < -0.4 is 11.5 Å². The van der Waals surface area contributed by atoms with Crippen LogP contribution in [0.1, 0.15) is 18.5 Å². The Labute approximate surface area is 69.2 Å². The van der Waals surface area contributed by atoms with Crippen molar-refractivity contribution in [1.82, 2.24) is 0 Å². The molecule has 0 heterocycles. The number of hydrogen-bond donors (Lipinski definition) is 2. The Morgan fingerprint density at radius 1 is 1.25 bits per heavy atom. The summed E-state index contributed by atoms with van der Waals surface area (Å²) < 4.78 is 25.6. The molecule has 4 N–H and O–H groups in total. The van der Waals surface area contributed by atoms with Crippen LogP contribution in [0.3, 0.4) is 0 Å². The molecule has 0 aromatic heterocycles. The van der Waals surface area contributed by atoms with E-state index in [2.05, 4.69) is 0 Å². The van der Waals surface area contributed by atoms with Gasteiger partial charge in [-0.15, -0.1) is 0 Å². The van der Waals surface area contributed by atoms with E-state index in [0.29, 0.717) is 5.56 Å². The summed E-state index contributed by atoms with van der Waals surface area (Å²) in [6.07, 6.45) is 0. The predicted molar refractivity (Wildman–Crippen MR) is 43.4 cm³/mol. The molecule has 1 atom stereocenters. The van der Waals surface area contributed by atoms with Crippen LogP contribution in [0.25, 0.3) is 0 Å². The minimum atomic E-state index is -0.762. The van der Waals surface area contributed by atoms with Crippen molar-refractivity contribution in [2.75, 3.05) is 5.73 Å². The molecule has 2 nitrogen and oxygen atoms in total. The van der Waals surface area contributed by atoms with E-state index in [0.717, 1.165) is 12.1 Å². The Hall–Kier alpha value is -1.16. The van der Waals surface area contributed by atoms with Crippen LogP contribution in [0.4, 0.5) is 14.5 Å². The largest absolute Gasteiger partial charge is 0.394 e. The minimum absolute atomic E-state index is 0.394. The Balaban J connectivity index is 3.21. The van der Waals surface area contributed by atoms with E-state index in [-0.39, 0.29) is 0 Å². The highest BCUT2D eigenvalue weighted by atomic mass is 19.1. The van der Waals surface area contributed by atoms with Crippen molar-refractivity contribution < 1.29 is 8.78 Å². The standard InChI is InChI=1S/C8H10F2N2/c1-4(11)5-2-6(9)8(12)7(10)3-5/h2-4H,11-12H2,1H3. The summed E-state index contributed by atoms with van der Waals surface area (Å²) >= 11 is 0. The predicted octanol–water partition coefficient (Wildman–Crippen LogP) is 1.57. The third kappa shape index (κ3) is 1.53. The van der Waals surface area contributed by atoms with Crippen LogP contribution >= 0.6 is 0 Å². The van der Waals surface area contributed by atoms with Crippen LogP contribution in [0, 0.1) is 11.6 Å². The van der Waals surface area contributed by atoms with Crippen molar-refractivity contribution in [3.63, 3.8) is 0 Å². The van der Waals surface area contributed by atoms with E-state index < -0.39 is 23.4 Å². The molecule has 0 bridgehead atoms. The van der Waals surface area contributed by atoms with Gasteiger partial charge in [-0.2, -0.15) is 0 Å². The summed E-state index contributed by atoms with van der Waals surface area (Å²) in [5.74, 6) is -1.52. The molecule has 1 rings (SSSR count). The average molecular weight is 172 g/mol. The highest BCUT2D eigenvalue weighted by molar-refractivity contribution is 5.43. The smallest absolute Gasteiger partial charge is 0.149 e. The quantitative estimate of drug-likeness (QED) is 0.631. The van der Waals surface area contributed by atoms with E-state index in [1.807, 2.05) is 0 Å². The van der Waals surface area contributed by atoms with Crippen LogP contribution in [0.15, 0.2) is 12.1 Å². The van der Waals surface area contributed by atoms with E-state index in [9.17, 15) is 8.78 Å². The second-order valence-corrected chi connectivity index (χ2v) is 2.69. The SMILES string of the molecule is CC(N)c1cc(F)c(N)c(F)c1. The Morgan fingerprint density at radius 3 is 2.00 bits per heavy atom. The summed E-state index contributed by atoms with van der Waals surface area (Å²) in [6.45, 7) is 1.64. The molecule has 0 radical (unpaired) electrons. The van der Waals surface area contributed by atoms with Crippen molar-refractivity contribution in [2.24, 2.45) is 5.73 Å². The fourth-order valence-electron chi connectivity index (χ4n) is 0.867. The summed E-state index contributed by atoms with van der Waals surface area (Å²) in [5, 5.41) is 0. The van der Waals surface area contributed by atoms with Crippen molar-refractivity contribution in [3.8, 4) is 0 Å². The van der Waals surface area contributed by atoms with Gasteiger partial charge < -0.3 is 11.5 Å². The summed E-state index contributed by atoms with van der Waals surface area (Å²) in [4.78, 5) is 0. The van der Waals surface area contributed by atoms with Crippen LogP contribution in [-0.4, -0.2) is 0 Å². The Bertz CT molecular complexity index is 274. The number of benzene rings is 1. The molecular weight excluding hydrogens is 162 g/mol. The Morgan fingerprint density at radius 2 is 1.67 bits per heavy atom. The van der Waals surface area contributed by atoms with Gasteiger partial charge in [-0.05, 0) is 24.6 Å². The molecule has 0 aliphatic rings. The lowest BCUT2D eigenvalue weighted by atomic mass is 10.1. The van der Waals surface area contributed by atoms with Gasteiger partial charge in [0.15, 0.2) is 0 Å². The number of nitrogens with two attached hydrogens (primary N) is 2. The maximum absolute atomic E-state index is 12.8. The summed E-state index contributed by atoms with van der Waals surface area (Å²) in [6, 6.07) is 1.89. The van der Waals surface area contributed by atoms with Crippen LogP contribution in [0.5, 0.6) is 0 Å². The van der Waals surface area contributed by atoms with Gasteiger partial charge >= 0.3 is 0 Å². The van der Waals surface area contributed by atoms with Gasteiger partial charge in [0.2, 0.25) is 0 Å². The molecule has 1 aromatic carbocycles. The van der Waals surface area contributed by atoms with E-state index >= 15 is 0 Å². The number of halogens is 2. The first kappa shape index (κ1) is 8.93. The van der Waals surface area contributed by atoms with E-state index in [1.165, 1.54) is 0 Å². The number of nitrogen functional groups attached to an aromatic ring is 1. The van der Waals surface area contributed by atoms with Gasteiger partial charge in [0.25, 0.3) is 0 Å². The molecule has 1 aromatic rings. The molecule has 0 aliphatic carbocycles. The van der Waals surface area contributed by atoms with Crippen molar-refractivity contribution in [3.05, 3.63) is 29.3 Å². The molecular formula is C8H10F2N2. The van der Waals surface area contributed by atoms with Crippen molar-refractivity contribution in [2.45, 2.75) is 13.0 Å². The van der Waals surface area contributed by atoms with E-state index in [4.69, 9.17) is 11.5 Å². The van der Waals surface area contributed by atoms with Gasteiger partial charge in [-0.25, -0.2) is 8.78 Å². The number of anilines is 1. The monoisotopic (exact) mass is 172 g/mol. The van der Waals surface area contributed by atoms with E-state index in [1.54, 1.807) is 6.92 Å². The maximum atomic E-state index is 12.8. The van der Waals surface area contributed by atoms with Crippen molar-refractivity contribution in [1.29, 1.82) is 0 Å². The summed E-state index contributed by atoms with van der Waals surface area (Å²) in [5.41, 5.74) is 10.4. The number of hydrogen-bond acceptors (Lipinski definition) is 2. The topological polar surface area (TPSA) is 52.0 Å². The van der Waals surface area contributed by atoms with Gasteiger partial charge in [-0.3, -0.25) is 0 Å². The van der Waals surface area contributed by atoms with Gasteiger partial charge in [-0.1, -0.05) is 0 Å². The summed E-state index contributed by atoms with van der Waals surface area (Å²) in [7, 11) is 0. The first-order chi connectivity index (χ1) is 5.52. The lowest BCUT2D eigenvalue weighted by molar-refractivity contribution is 0.584. The number of rotatable bonds is 1. The second kappa shape index (κ2) is 3.06. The van der Waals surface area contributed by atoms with Gasteiger partial charge in [0, 0.05) is 6.04 Å². The highest BCUT2D eigenvalue weighted by Gasteiger charge is 2.09. The fourth-order valence-corrected chi connectivity index (χ4v) is 0.867. The first-order valence-corrected chi connectivity index (χ1v) is 3.52. The molecule has 0 aliphatic heterocycles. The Kier molecular flexibility index (Phi) is 2.28. The molecule has 66 valence electrons. The molecule has 0 spiro atoms. The fraction of sp³-hybridized carbons (Fsp3) is 0.250. The zero-order chi connectivity index (χ0) is 9.30. The zero-order valence-corrected chi connectivity index (χ0v) is 6.64. The normalized spacial score (nSPS) is 13.0. The van der Waals surface area contributed by atoms with Gasteiger partial charge in [0.1, 0.15) is 17.3 Å². The molecule has 4 heteroatoms. The van der Waals surface area contributed by atoms with Gasteiger partial charge in [0.05, 0.1) is 0 Å². The molecule has 0 saturated heterocycles. The minimum Gasteiger partial charge on any atom is -0.394 e. The first-order valence-electron chi connectivity index (χ1n) is 3.52. The van der Waals surface area contributed by atoms with Crippen LogP contribution in [0.2, 0.25) is 0 Å². The molecule has 12 heavy (non-hydrogen) atoms. The van der Waals surface area contributed by atoms with Crippen molar-refractivity contribution >= 4 is 5.69 Å². The lowest BCUT2D eigenvalue weighted by Crippen LogP contribution is -2.07. The second-order valence-electron chi connectivity index (χ2n) is 2.69. The zero-order valence-electron chi connectivity index (χ0n) is 6.64. The lowest BCUT2D eigenvalue weighted by Gasteiger charge is -2.07. The average Bonchev–Trinajstić information content (AvgIpc) is 1.99.